The summed E-state index contributed by atoms with van der Waals surface area (Å²) in [4.78, 5) is 13.3. The van der Waals surface area contributed by atoms with Gasteiger partial charge in [-0.1, -0.05) is 54.1 Å². The number of hydrogen-bond donors (Lipinski definition) is 1. The Bertz CT molecular complexity index is 1530. The van der Waals surface area contributed by atoms with Crippen molar-refractivity contribution in [2.24, 2.45) is 0 Å². The molecule has 178 valence electrons. The zero-order valence-corrected chi connectivity index (χ0v) is 20.6. The van der Waals surface area contributed by atoms with Crippen molar-refractivity contribution in [3.05, 3.63) is 95.0 Å². The van der Waals surface area contributed by atoms with Crippen molar-refractivity contribution in [2.45, 2.75) is 17.7 Å². The minimum atomic E-state index is -4.05. The summed E-state index contributed by atoms with van der Waals surface area (Å²) in [5.41, 5.74) is 3.43. The van der Waals surface area contributed by atoms with E-state index in [1.807, 2.05) is 24.3 Å². The lowest BCUT2D eigenvalue weighted by atomic mass is 10.0. The molecule has 0 atom stereocenters. The molecule has 4 aromatic carbocycles. The van der Waals surface area contributed by atoms with Crippen molar-refractivity contribution < 1.29 is 17.9 Å². The van der Waals surface area contributed by atoms with Gasteiger partial charge >= 0.3 is 0 Å². The van der Waals surface area contributed by atoms with E-state index in [0.717, 1.165) is 22.5 Å². The van der Waals surface area contributed by atoms with Gasteiger partial charge in [0, 0.05) is 11.1 Å². The largest absolute Gasteiger partial charge is 0.495 e. The predicted molar refractivity (Wildman–Crippen MR) is 139 cm³/mol. The Morgan fingerprint density at radius 3 is 2.43 bits per heavy atom. The van der Waals surface area contributed by atoms with Crippen LogP contribution in [0.15, 0.2) is 83.8 Å². The molecule has 0 spiro atoms. The van der Waals surface area contributed by atoms with E-state index in [4.69, 9.17) is 16.3 Å². The Hall–Kier alpha value is -3.55. The van der Waals surface area contributed by atoms with E-state index >= 15 is 0 Å². The van der Waals surface area contributed by atoms with E-state index < -0.39 is 22.5 Å². The lowest BCUT2D eigenvalue weighted by Crippen LogP contribution is -2.38. The van der Waals surface area contributed by atoms with Crippen LogP contribution in [0.1, 0.15) is 11.1 Å². The number of nitrogens with one attached hydrogen (secondary N) is 1. The van der Waals surface area contributed by atoms with Gasteiger partial charge in [0.1, 0.15) is 12.3 Å². The fourth-order valence-corrected chi connectivity index (χ4v) is 6.21. The molecule has 0 saturated carbocycles. The zero-order valence-electron chi connectivity index (χ0n) is 19.0. The maximum Gasteiger partial charge on any atom is 0.264 e. The smallest absolute Gasteiger partial charge is 0.264 e. The highest BCUT2D eigenvalue weighted by Gasteiger charge is 2.28. The number of amides is 1. The van der Waals surface area contributed by atoms with E-state index in [9.17, 15) is 13.2 Å². The van der Waals surface area contributed by atoms with Crippen LogP contribution in [0.3, 0.4) is 0 Å². The molecule has 0 aromatic heterocycles. The Kier molecular flexibility index (Phi) is 6.13. The minimum Gasteiger partial charge on any atom is -0.495 e. The van der Waals surface area contributed by atoms with Crippen LogP contribution in [0.4, 0.5) is 11.4 Å². The van der Waals surface area contributed by atoms with Crippen LogP contribution in [0.2, 0.25) is 5.02 Å². The molecule has 1 N–H and O–H groups in total. The lowest BCUT2D eigenvalue weighted by Gasteiger charge is -2.25. The number of hydrogen-bond acceptors (Lipinski definition) is 4. The van der Waals surface area contributed by atoms with Crippen molar-refractivity contribution in [1.29, 1.82) is 0 Å². The van der Waals surface area contributed by atoms with Gasteiger partial charge in [0.2, 0.25) is 5.91 Å². The number of sulfonamides is 1. The Balaban J connectivity index is 1.50. The summed E-state index contributed by atoms with van der Waals surface area (Å²) in [6.07, 6.45) is 1.96. The molecule has 0 heterocycles. The maximum atomic E-state index is 13.6. The van der Waals surface area contributed by atoms with Crippen molar-refractivity contribution in [3.8, 4) is 5.75 Å². The highest BCUT2D eigenvalue weighted by atomic mass is 35.5. The van der Waals surface area contributed by atoms with Crippen LogP contribution in [-0.4, -0.2) is 28.0 Å². The molecule has 5 rings (SSSR count). The van der Waals surface area contributed by atoms with E-state index in [2.05, 4.69) is 11.4 Å². The predicted octanol–water partition coefficient (Wildman–Crippen LogP) is 5.43. The Labute approximate surface area is 209 Å². The number of ether oxygens (including phenoxy) is 1. The molecule has 0 fully saturated rings. The fourth-order valence-electron chi connectivity index (χ4n) is 4.52. The second-order valence-electron chi connectivity index (χ2n) is 8.30. The number of aryl methyl sites for hydroxylation is 2. The highest BCUT2D eigenvalue weighted by molar-refractivity contribution is 7.92. The van der Waals surface area contributed by atoms with Crippen molar-refractivity contribution in [3.63, 3.8) is 0 Å². The molecule has 1 aliphatic rings. The topological polar surface area (TPSA) is 75.7 Å². The molecule has 4 aromatic rings. The molecule has 35 heavy (non-hydrogen) atoms. The minimum absolute atomic E-state index is 0.0741. The van der Waals surface area contributed by atoms with Gasteiger partial charge in [0.05, 0.1) is 22.7 Å². The van der Waals surface area contributed by atoms with Crippen LogP contribution in [0, 0.1) is 0 Å². The summed E-state index contributed by atoms with van der Waals surface area (Å²) in [6, 6.07) is 22.6. The highest BCUT2D eigenvalue weighted by Crippen LogP contribution is 2.35. The molecule has 0 aliphatic heterocycles. The van der Waals surface area contributed by atoms with Crippen LogP contribution in [-0.2, 0) is 27.7 Å². The van der Waals surface area contributed by atoms with E-state index in [1.54, 1.807) is 30.3 Å². The molecule has 0 bridgehead atoms. The summed E-state index contributed by atoms with van der Waals surface area (Å²) < 4.78 is 33.4. The van der Waals surface area contributed by atoms with Crippen LogP contribution < -0.4 is 14.4 Å². The average molecular weight is 507 g/mol. The first-order valence-corrected chi connectivity index (χ1v) is 12.9. The first kappa shape index (κ1) is 23.2. The Morgan fingerprint density at radius 2 is 1.71 bits per heavy atom. The van der Waals surface area contributed by atoms with Gasteiger partial charge in [0.25, 0.3) is 10.0 Å². The molecule has 8 heteroatoms. The van der Waals surface area contributed by atoms with Crippen molar-refractivity contribution in [2.75, 3.05) is 23.3 Å². The van der Waals surface area contributed by atoms with E-state index in [0.29, 0.717) is 11.4 Å². The van der Waals surface area contributed by atoms with Gasteiger partial charge < -0.3 is 10.1 Å². The molecule has 0 saturated heterocycles. The van der Waals surface area contributed by atoms with Gasteiger partial charge in [-0.25, -0.2) is 8.42 Å². The number of carbonyl (C=O) groups excluding carboxylic acids is 1. The molecular weight excluding hydrogens is 484 g/mol. The van der Waals surface area contributed by atoms with Crippen LogP contribution in [0.25, 0.3) is 10.8 Å². The number of halogens is 1. The van der Waals surface area contributed by atoms with E-state index in [1.165, 1.54) is 41.8 Å². The zero-order chi connectivity index (χ0) is 24.6. The number of anilines is 2. The van der Waals surface area contributed by atoms with Gasteiger partial charge in [-0.2, -0.15) is 0 Å². The first-order chi connectivity index (χ1) is 16.9. The summed E-state index contributed by atoms with van der Waals surface area (Å²) >= 11 is 6.29. The van der Waals surface area contributed by atoms with Gasteiger partial charge in [-0.3, -0.25) is 9.10 Å². The lowest BCUT2D eigenvalue weighted by molar-refractivity contribution is -0.114. The third-order valence-electron chi connectivity index (χ3n) is 6.19. The standard InChI is InChI=1S/C27H23ClN2O4S/c1-34-25-15-13-20(16-23(25)28)30(35(32,33)21-7-3-2-4-8-21)17-26(31)29-24-14-12-19-11-10-18-6-5-9-22(24)27(18)19/h2-9,12-16H,10-11,17H2,1H3,(H,29,31). The Morgan fingerprint density at radius 1 is 0.971 bits per heavy atom. The fraction of sp³-hybridized carbons (Fsp3) is 0.148. The van der Waals surface area contributed by atoms with Gasteiger partial charge in [-0.15, -0.1) is 0 Å². The summed E-state index contributed by atoms with van der Waals surface area (Å²) in [5.74, 6) is -0.0556. The quantitative estimate of drug-likeness (QED) is 0.362. The summed E-state index contributed by atoms with van der Waals surface area (Å²) in [6.45, 7) is -0.428. The van der Waals surface area contributed by atoms with Crippen molar-refractivity contribution in [1.82, 2.24) is 0 Å². The summed E-state index contributed by atoms with van der Waals surface area (Å²) in [7, 11) is -2.57. The monoisotopic (exact) mass is 506 g/mol. The number of methoxy groups -OCH3 is 1. The maximum absolute atomic E-state index is 13.6. The first-order valence-electron chi connectivity index (χ1n) is 11.1. The number of benzene rings is 4. The number of rotatable bonds is 7. The van der Waals surface area contributed by atoms with Gasteiger partial charge in [-0.05, 0) is 65.8 Å². The molecule has 0 unspecified atom stereocenters. The number of nitrogens with zero attached hydrogens (tertiary/aromatic N) is 1. The molecule has 1 amide bonds. The average Bonchev–Trinajstić information content (AvgIpc) is 3.29. The van der Waals surface area contributed by atoms with E-state index in [-0.39, 0.29) is 15.6 Å². The molecule has 0 radical (unpaired) electrons. The SMILES string of the molecule is COc1ccc(N(CC(=O)Nc2ccc3c4c(cccc24)CC3)S(=O)(=O)c2ccccc2)cc1Cl. The van der Waals surface area contributed by atoms with Gasteiger partial charge in [0.15, 0.2) is 0 Å². The van der Waals surface area contributed by atoms with Crippen LogP contribution >= 0.6 is 11.6 Å². The van der Waals surface area contributed by atoms with Crippen LogP contribution in [0.5, 0.6) is 5.75 Å². The molecule has 1 aliphatic carbocycles. The second kappa shape index (κ2) is 9.24. The normalized spacial score (nSPS) is 12.5. The van der Waals surface area contributed by atoms with Crippen molar-refractivity contribution >= 4 is 49.7 Å². The third-order valence-corrected chi connectivity index (χ3v) is 8.28. The third kappa shape index (κ3) is 4.33. The second-order valence-corrected chi connectivity index (χ2v) is 10.6. The molecular formula is C27H23ClN2O4S. The number of carbonyl (C=O) groups is 1. The summed E-state index contributed by atoms with van der Waals surface area (Å²) in [5, 5.41) is 5.29. The molecule has 6 nitrogen and oxygen atoms in total.